The molecule has 0 amide bonds. The summed E-state index contributed by atoms with van der Waals surface area (Å²) in [6.45, 7) is 10.0. The Morgan fingerprint density at radius 2 is 1.60 bits per heavy atom. The molecule has 1 unspecified atom stereocenters. The van der Waals surface area contributed by atoms with Crippen molar-refractivity contribution < 1.29 is 32.2 Å². The van der Waals surface area contributed by atoms with Crippen molar-refractivity contribution >= 4 is 43.2 Å². The van der Waals surface area contributed by atoms with Crippen LogP contribution in [0.1, 0.15) is 53.4 Å². The minimum atomic E-state index is -2.29. The van der Waals surface area contributed by atoms with Crippen molar-refractivity contribution in [3.8, 4) is 0 Å². The first kappa shape index (κ1) is 26.6. The third-order valence-electron chi connectivity index (χ3n) is 2.25. The topological polar surface area (TPSA) is 35.5 Å². The van der Waals surface area contributed by atoms with Gasteiger partial charge < -0.3 is 9.05 Å². The molecule has 0 aliphatic carbocycles. The molecular weight excluding hydrogens is 415 g/mol. The van der Waals surface area contributed by atoms with Crippen molar-refractivity contribution in [3.63, 3.8) is 0 Å². The van der Waals surface area contributed by atoms with Crippen molar-refractivity contribution in [2.45, 2.75) is 53.4 Å². The van der Waals surface area contributed by atoms with E-state index in [1.807, 2.05) is 0 Å². The third-order valence-corrected chi connectivity index (χ3v) is 4.56. The molecule has 0 fully saturated rings. The fourth-order valence-electron chi connectivity index (χ4n) is 1.29. The quantitative estimate of drug-likeness (QED) is 0.222. The molecule has 0 aromatic carbocycles. The van der Waals surface area contributed by atoms with Crippen LogP contribution in [0.5, 0.6) is 0 Å². The van der Waals surface area contributed by atoms with Crippen molar-refractivity contribution in [2.24, 2.45) is 11.8 Å². The molecule has 1 atom stereocenters. The minimum absolute atomic E-state index is 0. The summed E-state index contributed by atoms with van der Waals surface area (Å²) in [6, 6.07) is 0. The van der Waals surface area contributed by atoms with Crippen LogP contribution in [0.3, 0.4) is 0 Å². The molecule has 0 bridgehead atoms. The monoisotopic (exact) mass is 446 g/mol. The van der Waals surface area contributed by atoms with Crippen molar-refractivity contribution in [1.82, 2.24) is 0 Å². The summed E-state index contributed by atoms with van der Waals surface area (Å²) in [5.41, 5.74) is -2.29. The molecule has 3 nitrogen and oxygen atoms in total. The molecule has 124 valence electrons. The van der Waals surface area contributed by atoms with Crippen LogP contribution < -0.4 is 0 Å². The number of unbranched alkanes of at least 4 members (excludes halogenated alkanes) is 2. The summed E-state index contributed by atoms with van der Waals surface area (Å²) in [5.74, 6) is 1.26. The van der Waals surface area contributed by atoms with Crippen LogP contribution in [-0.2, 0) is 44.0 Å². The molecule has 0 aromatic rings. The summed E-state index contributed by atoms with van der Waals surface area (Å²) in [7, 11) is 0. The number of thiol groups is 1. The number of hydrogen-bond acceptors (Lipinski definition) is 4. The van der Waals surface area contributed by atoms with Gasteiger partial charge in [-0.3, -0.25) is 0 Å². The van der Waals surface area contributed by atoms with E-state index < -0.39 is 5.69 Å². The summed E-state index contributed by atoms with van der Waals surface area (Å²) in [4.78, 5) is 0. The second-order valence-corrected chi connectivity index (χ2v) is 10.5. The first-order chi connectivity index (χ1) is 8.83. The van der Waals surface area contributed by atoms with Crippen LogP contribution in [0, 0.1) is 11.8 Å². The second kappa shape index (κ2) is 17.1. The fourth-order valence-corrected chi connectivity index (χ4v) is 3.06. The number of rotatable bonds is 10. The maximum absolute atomic E-state index is 8.26. The van der Waals surface area contributed by atoms with Gasteiger partial charge in [0.25, 0.3) is 0 Å². The Morgan fingerprint density at radius 3 is 2.05 bits per heavy atom. The Hall–Kier alpha value is 1.76. The fraction of sp³-hybridized carbons (Fsp3) is 1.00. The molecule has 8 heteroatoms. The molecule has 0 rings (SSSR count). The van der Waals surface area contributed by atoms with Crippen LogP contribution >= 0.6 is 31.4 Å². The van der Waals surface area contributed by atoms with Gasteiger partial charge >= 0.3 is 23.2 Å². The Kier molecular flexibility index (Phi) is 22.8. The predicted octanol–water partition coefficient (Wildman–Crippen LogP) is 5.04. The van der Waals surface area contributed by atoms with Gasteiger partial charge in [0, 0.05) is 0 Å². The molecule has 0 aromatic heterocycles. The zero-order valence-electron chi connectivity index (χ0n) is 12.8. The van der Waals surface area contributed by atoms with Crippen LogP contribution in [-0.4, -0.2) is 13.2 Å². The zero-order chi connectivity index (χ0) is 15.3. The van der Waals surface area contributed by atoms with E-state index in [2.05, 4.69) is 39.9 Å². The summed E-state index contributed by atoms with van der Waals surface area (Å²) in [6.07, 6.45) is 4.81. The Bertz CT molecular complexity index is 256. The van der Waals surface area contributed by atoms with E-state index >= 15 is 0 Å². The van der Waals surface area contributed by atoms with Gasteiger partial charge in [0.2, 0.25) is 5.69 Å². The Balaban J connectivity index is -0.000000916. The van der Waals surface area contributed by atoms with Gasteiger partial charge in [-0.15, -0.1) is 0 Å². The van der Waals surface area contributed by atoms with E-state index in [0.717, 1.165) is 12.3 Å². The van der Waals surface area contributed by atoms with E-state index in [-0.39, 0.29) is 13.5 Å². The molecule has 20 heavy (non-hydrogen) atoms. The molecule has 0 aliphatic rings. The summed E-state index contributed by atoms with van der Waals surface area (Å²) < 4.78 is 19.3. The Labute approximate surface area is 153 Å². The molecule has 0 saturated carbocycles. The predicted molar refractivity (Wildman–Crippen MR) is 94.4 cm³/mol. The van der Waals surface area contributed by atoms with Gasteiger partial charge in [-0.05, 0) is 30.1 Å². The summed E-state index contributed by atoms with van der Waals surface area (Å²) >= 11 is 10.2. The van der Waals surface area contributed by atoms with Gasteiger partial charge in [-0.2, -0.15) is 13.5 Å². The van der Waals surface area contributed by atoms with Gasteiger partial charge in [0.1, 0.15) is 0 Å². The zero-order valence-corrected chi connectivity index (χ0v) is 18.4. The van der Waals surface area contributed by atoms with Crippen LogP contribution in [0.25, 0.3) is 0 Å². The average molecular weight is 444 g/mol. The van der Waals surface area contributed by atoms with Crippen molar-refractivity contribution in [1.29, 1.82) is 0 Å². The molecule has 0 saturated heterocycles. The summed E-state index contributed by atoms with van der Waals surface area (Å²) in [5, 5.41) is 0. The first-order valence-corrected chi connectivity index (χ1v) is 11.2. The van der Waals surface area contributed by atoms with Gasteiger partial charge in [-0.25, -0.2) is 0 Å². The van der Waals surface area contributed by atoms with Gasteiger partial charge in [0.05, 0.1) is 13.2 Å². The van der Waals surface area contributed by atoms with Gasteiger partial charge in [-0.1, -0.05) is 59.2 Å². The average Bonchev–Trinajstić information content (AvgIpc) is 2.33. The maximum atomic E-state index is 8.26. The molecule has 0 N–H and O–H groups in total. The molecule has 0 spiro atoms. The van der Waals surface area contributed by atoms with E-state index in [1.165, 1.54) is 19.3 Å². The van der Waals surface area contributed by atoms with E-state index in [9.17, 15) is 0 Å². The van der Waals surface area contributed by atoms with Crippen LogP contribution in [0.2, 0.25) is 0 Å². The SMILES string of the molecule is CC(C)CCCCCOP(=S)(S)OCC(C)C.S.[O]=[Mo]. The van der Waals surface area contributed by atoms with Crippen LogP contribution in [0.4, 0.5) is 0 Å². The molecule has 0 radical (unpaired) electrons. The molecule has 0 heterocycles. The first-order valence-electron chi connectivity index (χ1n) is 6.62. The Morgan fingerprint density at radius 1 is 1.05 bits per heavy atom. The second-order valence-electron chi connectivity index (χ2n) is 5.23. The van der Waals surface area contributed by atoms with Crippen molar-refractivity contribution in [3.05, 3.63) is 0 Å². The number of hydrogen-bond donors (Lipinski definition) is 1. The normalized spacial score (nSPS) is 13.3. The molecule has 0 aliphatic heterocycles. The van der Waals surface area contributed by atoms with Crippen molar-refractivity contribution in [2.75, 3.05) is 13.2 Å². The van der Waals surface area contributed by atoms with E-state index in [4.69, 9.17) is 24.3 Å². The third kappa shape index (κ3) is 22.0. The standard InChI is InChI=1S/C12H27O2PS2.Mo.O.H2S/c1-11(2)8-6-5-7-9-13-15(16,17)14-10-12(3)4;;;/h11-12H,5-10H2,1-4H3,(H,16,17);;;1H2. The van der Waals surface area contributed by atoms with E-state index in [1.54, 1.807) is 0 Å². The van der Waals surface area contributed by atoms with Crippen LogP contribution in [0.15, 0.2) is 0 Å². The van der Waals surface area contributed by atoms with Gasteiger partial charge in [0.15, 0.2) is 0 Å². The molecular formula is C12H29MoO3PS3. The van der Waals surface area contributed by atoms with E-state index in [0.29, 0.717) is 38.9 Å².